The van der Waals surface area contributed by atoms with Crippen molar-refractivity contribution in [3.8, 4) is 0 Å². The molecule has 4 rings (SSSR count). The number of aliphatic hydroxyl groups is 2. The third-order valence-corrected chi connectivity index (χ3v) is 14.8. The van der Waals surface area contributed by atoms with Gasteiger partial charge in [-0.15, -0.1) is 0 Å². The van der Waals surface area contributed by atoms with Gasteiger partial charge in [-0.2, -0.15) is 0 Å². The lowest BCUT2D eigenvalue weighted by Crippen LogP contribution is -2.61. The highest BCUT2D eigenvalue weighted by molar-refractivity contribution is 6.39. The fourth-order valence-corrected chi connectivity index (χ4v) is 10.4. The van der Waals surface area contributed by atoms with Crippen molar-refractivity contribution in [2.24, 2.45) is 35.5 Å². The second kappa shape index (κ2) is 25.8. The first-order valence-electron chi connectivity index (χ1n) is 24.3. The molecule has 15 atom stereocenters. The van der Waals surface area contributed by atoms with E-state index in [1.165, 1.54) is 12.0 Å². The molecule has 1 aliphatic carbocycles. The van der Waals surface area contributed by atoms with E-state index in [0.717, 1.165) is 24.8 Å². The van der Waals surface area contributed by atoms with Crippen LogP contribution in [0.5, 0.6) is 0 Å². The number of aliphatic hydroxyl groups excluding tert-OH is 1. The molecule has 0 aromatic carbocycles. The average molecular weight is 928 g/mol. The second-order valence-electron chi connectivity index (χ2n) is 19.8. The van der Waals surface area contributed by atoms with Gasteiger partial charge in [0.15, 0.2) is 5.78 Å². The number of ketones is 3. The number of piperidine rings is 1. The number of cyclic esters (lactones) is 1. The van der Waals surface area contributed by atoms with E-state index in [4.69, 9.17) is 28.4 Å². The van der Waals surface area contributed by atoms with Crippen LogP contribution in [-0.4, -0.2) is 134 Å². The summed E-state index contributed by atoms with van der Waals surface area (Å²) in [5.41, 5.74) is 1.29. The normalized spacial score (nSPS) is 40.0. The molecule has 3 fully saturated rings. The van der Waals surface area contributed by atoms with Gasteiger partial charge in [-0.3, -0.25) is 19.2 Å². The van der Waals surface area contributed by atoms with Crippen LogP contribution in [0.15, 0.2) is 47.6 Å². The van der Waals surface area contributed by atoms with Crippen LogP contribution in [0.3, 0.4) is 0 Å². The van der Waals surface area contributed by atoms with Gasteiger partial charge in [0.25, 0.3) is 11.7 Å². The molecule has 1 saturated carbocycles. The minimum absolute atomic E-state index is 0.0246. The number of Topliss-reactive ketones (excluding diaryl/α,β-unsaturated/α-hetero) is 3. The fourth-order valence-electron chi connectivity index (χ4n) is 10.4. The number of carbonyl (C=O) groups is 5. The van der Waals surface area contributed by atoms with Crippen molar-refractivity contribution in [2.45, 2.75) is 180 Å². The van der Waals surface area contributed by atoms with Gasteiger partial charge in [0.05, 0.1) is 24.4 Å². The molecular weight excluding hydrogens is 847 g/mol. The van der Waals surface area contributed by atoms with E-state index in [0.29, 0.717) is 50.5 Å². The van der Waals surface area contributed by atoms with Gasteiger partial charge >= 0.3 is 5.97 Å². The van der Waals surface area contributed by atoms with Crippen molar-refractivity contribution in [3.63, 3.8) is 0 Å². The quantitative estimate of drug-likeness (QED) is 0.154. The minimum atomic E-state index is -2.42. The van der Waals surface area contributed by atoms with Gasteiger partial charge in [-0.25, -0.2) is 4.79 Å². The van der Waals surface area contributed by atoms with Crippen LogP contribution >= 0.6 is 0 Å². The lowest BCUT2D eigenvalue weighted by molar-refractivity contribution is -0.265. The lowest BCUT2D eigenvalue weighted by atomic mass is 9.78. The SMILES string of the molecule is CO[C@H]1C[C@@H]2CC[C@@H](C)[C@@](O)(O2)C(=O)C(=O)N2CCCC[C@H]2C(=O)OC([C@H](C)C[C@H]2CC[C@@H](OC)[C@H](OC)C2)CC(=O)[C@H](C)/C=C(\C)[C@@H](O)[C@@H](OC)C(=O)[C@H](C)C[C@H](C)/C=C/C=C/C=C/1C. The van der Waals surface area contributed by atoms with Crippen molar-refractivity contribution in [2.75, 3.05) is 35.0 Å². The summed E-state index contributed by atoms with van der Waals surface area (Å²) in [6.07, 6.45) is 12.7. The van der Waals surface area contributed by atoms with E-state index in [9.17, 15) is 34.2 Å². The van der Waals surface area contributed by atoms with E-state index in [1.54, 1.807) is 48.2 Å². The number of methoxy groups -OCH3 is 4. The molecule has 4 aliphatic rings. The third kappa shape index (κ3) is 14.3. The van der Waals surface area contributed by atoms with Crippen molar-refractivity contribution >= 4 is 29.2 Å². The molecule has 14 nitrogen and oxygen atoms in total. The van der Waals surface area contributed by atoms with Crippen LogP contribution < -0.4 is 0 Å². The molecule has 1 amide bonds. The number of nitrogens with zero attached hydrogens (tertiary/aromatic N) is 1. The van der Waals surface area contributed by atoms with Crippen molar-refractivity contribution < 1.29 is 62.6 Å². The first kappa shape index (κ1) is 55.2. The van der Waals surface area contributed by atoms with Crippen LogP contribution in [0.2, 0.25) is 0 Å². The minimum Gasteiger partial charge on any atom is -0.460 e. The number of esters is 1. The lowest BCUT2D eigenvalue weighted by Gasteiger charge is -2.42. The highest BCUT2D eigenvalue weighted by Crippen LogP contribution is 2.38. The van der Waals surface area contributed by atoms with Crippen molar-refractivity contribution in [3.05, 3.63) is 47.6 Å². The maximum atomic E-state index is 14.4. The number of ether oxygens (including phenoxy) is 6. The predicted molar refractivity (Wildman–Crippen MR) is 250 cm³/mol. The number of hydrogen-bond acceptors (Lipinski definition) is 13. The average Bonchev–Trinajstić information content (AvgIpc) is 3.30. The van der Waals surface area contributed by atoms with Crippen molar-refractivity contribution in [1.82, 2.24) is 4.90 Å². The summed E-state index contributed by atoms with van der Waals surface area (Å²) in [5, 5.41) is 23.4. The van der Waals surface area contributed by atoms with Crippen LogP contribution in [0.1, 0.15) is 126 Å². The molecule has 2 bridgehead atoms. The van der Waals surface area contributed by atoms with E-state index >= 15 is 0 Å². The topological polar surface area (TPSA) is 184 Å². The molecular formula is C52H81NO13. The van der Waals surface area contributed by atoms with Crippen molar-refractivity contribution in [1.29, 1.82) is 0 Å². The van der Waals surface area contributed by atoms with E-state index in [-0.39, 0.29) is 60.9 Å². The molecule has 0 aromatic rings. The largest absolute Gasteiger partial charge is 0.460 e. The Labute approximate surface area is 393 Å². The Kier molecular flexibility index (Phi) is 21.6. The number of fused-ring (bicyclic) bond motifs is 3. The molecule has 2 saturated heterocycles. The third-order valence-electron chi connectivity index (χ3n) is 14.8. The molecule has 2 N–H and O–H groups in total. The highest BCUT2D eigenvalue weighted by atomic mass is 16.6. The van der Waals surface area contributed by atoms with Gasteiger partial charge in [0, 0.05) is 65.6 Å². The first-order chi connectivity index (χ1) is 31.3. The number of carbonyl (C=O) groups excluding carboxylic acids is 5. The molecule has 0 spiro atoms. The predicted octanol–water partition coefficient (Wildman–Crippen LogP) is 6.83. The molecule has 1 unspecified atom stereocenters. The Bertz CT molecular complexity index is 1770. The Hall–Kier alpha value is -3.37. The van der Waals surface area contributed by atoms with Gasteiger partial charge in [-0.05, 0) is 107 Å². The Morgan fingerprint density at radius 1 is 0.818 bits per heavy atom. The molecule has 3 aliphatic heterocycles. The Balaban J connectivity index is 1.70. The summed E-state index contributed by atoms with van der Waals surface area (Å²) in [5.74, 6) is -7.72. The summed E-state index contributed by atoms with van der Waals surface area (Å²) in [4.78, 5) is 72.0. The highest BCUT2D eigenvalue weighted by Gasteiger charge is 2.53. The van der Waals surface area contributed by atoms with Crippen LogP contribution in [0.25, 0.3) is 0 Å². The Morgan fingerprint density at radius 3 is 2.20 bits per heavy atom. The monoisotopic (exact) mass is 928 g/mol. The zero-order valence-electron chi connectivity index (χ0n) is 41.6. The zero-order chi connectivity index (χ0) is 48.9. The molecule has 14 heteroatoms. The first-order valence-corrected chi connectivity index (χ1v) is 24.3. The van der Waals surface area contributed by atoms with E-state index in [1.807, 2.05) is 58.1 Å². The Morgan fingerprint density at radius 2 is 1.53 bits per heavy atom. The summed E-state index contributed by atoms with van der Waals surface area (Å²) in [7, 11) is 6.31. The summed E-state index contributed by atoms with van der Waals surface area (Å²) in [6, 6.07) is -1.12. The van der Waals surface area contributed by atoms with Crippen LogP contribution in [0, 0.1) is 35.5 Å². The van der Waals surface area contributed by atoms with Gasteiger partial charge < -0.3 is 43.5 Å². The summed E-state index contributed by atoms with van der Waals surface area (Å²) < 4.78 is 35.3. The number of allylic oxidation sites excluding steroid dienone is 6. The second-order valence-corrected chi connectivity index (χ2v) is 19.8. The summed E-state index contributed by atoms with van der Waals surface area (Å²) >= 11 is 0. The van der Waals surface area contributed by atoms with Gasteiger partial charge in [0.1, 0.15) is 30.1 Å². The maximum Gasteiger partial charge on any atom is 0.329 e. The smallest absolute Gasteiger partial charge is 0.329 e. The number of hydrogen-bond donors (Lipinski definition) is 2. The van der Waals surface area contributed by atoms with Crippen LogP contribution in [0.4, 0.5) is 0 Å². The number of rotatable bonds is 7. The van der Waals surface area contributed by atoms with Crippen LogP contribution in [-0.2, 0) is 52.4 Å². The molecule has 0 radical (unpaired) electrons. The molecule has 66 heavy (non-hydrogen) atoms. The van der Waals surface area contributed by atoms with Gasteiger partial charge in [-0.1, -0.05) is 71.1 Å². The standard InChI is InChI=1S/C52H81NO13/c1-31-17-13-12-14-18-32(2)43(62-9)29-39-22-20-37(7)52(60,66-39)49(57)50(58)53-24-16-15-19-40(53)51(59)65-44(34(4)27-38-21-23-42(61-8)45(28-38)63-10)30-41(54)33(3)26-36(6)47(56)48(64-11)46(55)35(5)25-31/h12-14,17-18,26,31,33-35,37-40,42-45,47-48,56,60H,15-16,19-25,27-30H2,1-11H3/b14-12+,17-13+,32-18+,36-26+/t31-,33-,34-,35-,37-,38-,39+,40+,42-,43+,44?,45-,47-,48+,52-/m1/s1. The maximum absolute atomic E-state index is 14.4. The number of amides is 1. The zero-order valence-corrected chi connectivity index (χ0v) is 41.6. The fraction of sp³-hybridized carbons (Fsp3) is 0.750. The van der Waals surface area contributed by atoms with Gasteiger partial charge in [0.2, 0.25) is 5.79 Å². The molecule has 372 valence electrons. The summed E-state index contributed by atoms with van der Waals surface area (Å²) in [6.45, 7) is 12.8. The molecule has 0 aromatic heterocycles. The molecule has 3 heterocycles. The van der Waals surface area contributed by atoms with E-state index < -0.39 is 77.8 Å². The van der Waals surface area contributed by atoms with E-state index in [2.05, 4.69) is 0 Å².